The van der Waals surface area contributed by atoms with Crippen molar-refractivity contribution in [2.75, 3.05) is 0 Å². The van der Waals surface area contributed by atoms with E-state index >= 15 is 0 Å². The minimum absolute atomic E-state index is 0.249. The van der Waals surface area contributed by atoms with Gasteiger partial charge in [-0.05, 0) is 24.6 Å². The second-order valence-corrected chi connectivity index (χ2v) is 5.33. The summed E-state index contributed by atoms with van der Waals surface area (Å²) in [5.41, 5.74) is 0.581. The highest BCUT2D eigenvalue weighted by molar-refractivity contribution is 5.94. The molecule has 0 fully saturated rings. The predicted octanol–water partition coefficient (Wildman–Crippen LogP) is 2.75. The average molecular weight is 371 g/mol. The molecule has 1 aromatic carbocycles. The maximum absolute atomic E-state index is 12.3. The number of hydrogen-bond acceptors (Lipinski definition) is 4. The van der Waals surface area contributed by atoms with E-state index in [1.54, 1.807) is 0 Å². The molecule has 1 unspecified atom stereocenters. The van der Waals surface area contributed by atoms with Gasteiger partial charge in [0.25, 0.3) is 5.91 Å². The van der Waals surface area contributed by atoms with Crippen molar-refractivity contribution in [3.8, 4) is 5.75 Å². The summed E-state index contributed by atoms with van der Waals surface area (Å²) in [6.45, 7) is 2.40. The van der Waals surface area contributed by atoms with Crippen LogP contribution >= 0.6 is 0 Å². The fourth-order valence-corrected chi connectivity index (χ4v) is 2.22. The zero-order chi connectivity index (χ0) is 19.3. The lowest BCUT2D eigenvalue weighted by Crippen LogP contribution is -2.30. The Morgan fingerprint density at radius 2 is 1.96 bits per heavy atom. The van der Waals surface area contributed by atoms with Gasteiger partial charge in [0.15, 0.2) is 0 Å². The molecule has 2 rings (SSSR count). The summed E-state index contributed by atoms with van der Waals surface area (Å²) >= 11 is 0. The van der Waals surface area contributed by atoms with Crippen molar-refractivity contribution >= 4 is 11.9 Å². The Bertz CT molecular complexity index is 772. The molecule has 2 aromatic rings. The second-order valence-electron chi connectivity index (χ2n) is 5.33. The van der Waals surface area contributed by atoms with Gasteiger partial charge in [-0.25, -0.2) is 0 Å². The molecule has 0 radical (unpaired) electrons. The highest BCUT2D eigenvalue weighted by atomic mass is 19.4. The number of carbonyl (C=O) groups is 2. The van der Waals surface area contributed by atoms with E-state index in [0.29, 0.717) is 12.1 Å². The molecule has 1 atom stereocenters. The molecule has 0 spiro atoms. The van der Waals surface area contributed by atoms with Crippen molar-refractivity contribution in [2.45, 2.75) is 32.3 Å². The minimum atomic E-state index is -4.82. The molecule has 0 saturated carbocycles. The zero-order valence-electron chi connectivity index (χ0n) is 13.7. The number of hydrogen-bond donors (Lipinski definition) is 2. The Hall–Kier alpha value is -3.04. The van der Waals surface area contributed by atoms with Gasteiger partial charge in [-0.15, -0.1) is 13.2 Å². The molecule has 2 N–H and O–H groups in total. The van der Waals surface area contributed by atoms with Crippen LogP contribution in [-0.4, -0.2) is 33.1 Å². The van der Waals surface area contributed by atoms with Crippen molar-refractivity contribution < 1.29 is 32.6 Å². The topological polar surface area (TPSA) is 93.5 Å². The molecular weight excluding hydrogens is 355 g/mol. The van der Waals surface area contributed by atoms with Crippen molar-refractivity contribution in [3.05, 3.63) is 47.8 Å². The normalized spacial score (nSPS) is 12.5. The van der Waals surface area contributed by atoms with Crippen LogP contribution in [-0.2, 0) is 11.3 Å². The van der Waals surface area contributed by atoms with E-state index in [2.05, 4.69) is 15.2 Å². The minimum Gasteiger partial charge on any atom is -0.481 e. The summed E-state index contributed by atoms with van der Waals surface area (Å²) in [7, 11) is 0. The van der Waals surface area contributed by atoms with Crippen LogP contribution in [0.2, 0.25) is 0 Å². The van der Waals surface area contributed by atoms with Crippen LogP contribution in [0.5, 0.6) is 5.75 Å². The molecule has 7 nitrogen and oxygen atoms in total. The first-order valence-electron chi connectivity index (χ1n) is 7.58. The molecule has 0 aliphatic rings. The van der Waals surface area contributed by atoms with E-state index in [1.165, 1.54) is 29.2 Å². The maximum atomic E-state index is 12.3. The van der Waals surface area contributed by atoms with Gasteiger partial charge in [0.1, 0.15) is 5.75 Å². The van der Waals surface area contributed by atoms with Crippen LogP contribution < -0.4 is 10.1 Å². The lowest BCUT2D eigenvalue weighted by molar-refractivity contribution is -0.274. The summed E-state index contributed by atoms with van der Waals surface area (Å²) < 4.78 is 41.9. The number of amides is 1. The molecule has 1 amide bonds. The summed E-state index contributed by atoms with van der Waals surface area (Å²) in [5, 5.41) is 15.5. The van der Waals surface area contributed by atoms with Gasteiger partial charge in [0, 0.05) is 12.7 Å². The Kier molecular flexibility index (Phi) is 5.86. The lowest BCUT2D eigenvalue weighted by Gasteiger charge is -2.18. The number of carboxylic acids is 1. The van der Waals surface area contributed by atoms with Gasteiger partial charge in [-0.2, -0.15) is 5.10 Å². The Labute approximate surface area is 146 Å². The smallest absolute Gasteiger partial charge is 0.481 e. The third-order valence-electron chi connectivity index (χ3n) is 3.42. The number of aliphatic carboxylic acids is 1. The maximum Gasteiger partial charge on any atom is 0.573 e. The number of nitrogens with one attached hydrogen (secondary N) is 1. The molecule has 0 aliphatic carbocycles. The fourth-order valence-electron chi connectivity index (χ4n) is 2.22. The van der Waals surface area contributed by atoms with Crippen LogP contribution in [0.25, 0.3) is 0 Å². The monoisotopic (exact) mass is 371 g/mol. The molecule has 140 valence electrons. The van der Waals surface area contributed by atoms with Crippen molar-refractivity contribution in [2.24, 2.45) is 0 Å². The van der Waals surface area contributed by atoms with E-state index < -0.39 is 36.5 Å². The number of nitrogens with zero attached hydrogens (tertiary/aromatic N) is 2. The van der Waals surface area contributed by atoms with Crippen LogP contribution in [0.1, 0.15) is 35.3 Å². The van der Waals surface area contributed by atoms with Gasteiger partial charge in [-0.3, -0.25) is 14.3 Å². The number of rotatable bonds is 7. The third kappa shape index (κ3) is 5.50. The summed E-state index contributed by atoms with van der Waals surface area (Å²) in [5.74, 6) is -2.15. The van der Waals surface area contributed by atoms with Crippen molar-refractivity contribution in [1.29, 1.82) is 0 Å². The second kappa shape index (κ2) is 7.89. The van der Waals surface area contributed by atoms with E-state index in [0.717, 1.165) is 12.1 Å². The van der Waals surface area contributed by atoms with E-state index in [-0.39, 0.29) is 5.56 Å². The standard InChI is InChI=1S/C16H16F3N3O4/c1-2-22-9-11(8-20-22)15(25)21-13(7-14(23)24)10-3-5-12(6-4-10)26-16(17,18)19/h3-6,8-9,13H,2,7H2,1H3,(H,21,25)(H,23,24). The number of aromatic nitrogens is 2. The number of aryl methyl sites for hydroxylation is 1. The molecule has 1 aromatic heterocycles. The van der Waals surface area contributed by atoms with E-state index in [1.807, 2.05) is 6.92 Å². The molecule has 0 bridgehead atoms. The highest BCUT2D eigenvalue weighted by Gasteiger charge is 2.31. The molecule has 10 heteroatoms. The molecule has 0 saturated heterocycles. The van der Waals surface area contributed by atoms with Gasteiger partial charge in [0.2, 0.25) is 0 Å². The number of carbonyl (C=O) groups excluding carboxylic acids is 1. The summed E-state index contributed by atoms with van der Waals surface area (Å²) in [4.78, 5) is 23.3. The molecule has 26 heavy (non-hydrogen) atoms. The van der Waals surface area contributed by atoms with Gasteiger partial charge in [0.05, 0.1) is 24.2 Å². The lowest BCUT2D eigenvalue weighted by atomic mass is 10.0. The van der Waals surface area contributed by atoms with Crippen LogP contribution in [0.15, 0.2) is 36.7 Å². The highest BCUT2D eigenvalue weighted by Crippen LogP contribution is 2.25. The fraction of sp³-hybridized carbons (Fsp3) is 0.312. The molecule has 1 heterocycles. The Morgan fingerprint density at radius 1 is 1.31 bits per heavy atom. The Morgan fingerprint density at radius 3 is 2.46 bits per heavy atom. The van der Waals surface area contributed by atoms with Gasteiger partial charge >= 0.3 is 12.3 Å². The largest absolute Gasteiger partial charge is 0.573 e. The van der Waals surface area contributed by atoms with E-state index in [4.69, 9.17) is 5.11 Å². The van der Waals surface area contributed by atoms with Crippen molar-refractivity contribution in [1.82, 2.24) is 15.1 Å². The summed E-state index contributed by atoms with van der Waals surface area (Å²) in [6, 6.07) is 3.72. The number of alkyl halides is 3. The van der Waals surface area contributed by atoms with Gasteiger partial charge in [-0.1, -0.05) is 12.1 Å². The molecular formula is C16H16F3N3O4. The number of benzene rings is 1. The average Bonchev–Trinajstić information content (AvgIpc) is 3.02. The first-order chi connectivity index (χ1) is 12.2. The summed E-state index contributed by atoms with van der Waals surface area (Å²) in [6.07, 6.45) is -2.41. The SMILES string of the molecule is CCn1cc(C(=O)NC(CC(=O)O)c2ccc(OC(F)(F)F)cc2)cn1. The van der Waals surface area contributed by atoms with Gasteiger partial charge < -0.3 is 15.2 Å². The Balaban J connectivity index is 2.16. The first-order valence-corrected chi connectivity index (χ1v) is 7.58. The number of halogens is 3. The van der Waals surface area contributed by atoms with Crippen LogP contribution in [0.3, 0.4) is 0 Å². The van der Waals surface area contributed by atoms with E-state index in [9.17, 15) is 22.8 Å². The molecule has 0 aliphatic heterocycles. The third-order valence-corrected chi connectivity index (χ3v) is 3.42. The van der Waals surface area contributed by atoms with Crippen LogP contribution in [0.4, 0.5) is 13.2 Å². The number of ether oxygens (including phenoxy) is 1. The first kappa shape index (κ1) is 19.3. The number of carboxylic acid groups (broad SMARTS) is 1. The van der Waals surface area contributed by atoms with Crippen LogP contribution in [0, 0.1) is 0 Å². The zero-order valence-corrected chi connectivity index (χ0v) is 13.7. The van der Waals surface area contributed by atoms with Crippen molar-refractivity contribution in [3.63, 3.8) is 0 Å². The quantitative estimate of drug-likeness (QED) is 0.781. The predicted molar refractivity (Wildman–Crippen MR) is 83.5 cm³/mol.